The second-order valence-electron chi connectivity index (χ2n) is 8.91. The van der Waals surface area contributed by atoms with Crippen LogP contribution < -0.4 is 16.4 Å². The highest BCUT2D eigenvalue weighted by Gasteiger charge is 2.43. The second kappa shape index (κ2) is 9.99. The van der Waals surface area contributed by atoms with Gasteiger partial charge in [-0.3, -0.25) is 14.5 Å². The summed E-state index contributed by atoms with van der Waals surface area (Å²) in [4.78, 5) is 41.7. The van der Waals surface area contributed by atoms with Crippen molar-refractivity contribution in [2.75, 3.05) is 31.5 Å². The van der Waals surface area contributed by atoms with Crippen molar-refractivity contribution in [3.8, 4) is 0 Å². The number of amides is 4. The van der Waals surface area contributed by atoms with Crippen molar-refractivity contribution < 1.29 is 18.8 Å². The first-order valence-corrected chi connectivity index (χ1v) is 10.8. The summed E-state index contributed by atoms with van der Waals surface area (Å²) in [5.41, 5.74) is 7.19. The predicted octanol–water partition coefficient (Wildman–Crippen LogP) is 2.51. The maximum atomic E-state index is 13.5. The van der Waals surface area contributed by atoms with Crippen molar-refractivity contribution in [2.45, 2.75) is 32.4 Å². The fourth-order valence-electron chi connectivity index (χ4n) is 3.66. The van der Waals surface area contributed by atoms with E-state index in [0.717, 1.165) is 5.56 Å². The van der Waals surface area contributed by atoms with E-state index in [1.807, 2.05) is 12.1 Å². The minimum atomic E-state index is -1.15. The number of halogens is 1. The molecule has 176 valence electrons. The van der Waals surface area contributed by atoms with Gasteiger partial charge in [0.2, 0.25) is 0 Å². The Hall–Kier alpha value is -3.46. The Kier molecular flexibility index (Phi) is 7.33. The number of nitrogens with zero attached hydrogens (tertiary/aromatic N) is 2. The molecule has 8 nitrogen and oxygen atoms in total. The molecule has 2 aromatic rings. The Morgan fingerprint density at radius 3 is 2.33 bits per heavy atom. The van der Waals surface area contributed by atoms with Crippen molar-refractivity contribution in [3.63, 3.8) is 0 Å². The number of rotatable bonds is 5. The van der Waals surface area contributed by atoms with Crippen LogP contribution in [-0.4, -0.2) is 60.0 Å². The summed E-state index contributed by atoms with van der Waals surface area (Å²) in [6, 6.07) is 12.1. The third-order valence-corrected chi connectivity index (χ3v) is 5.45. The van der Waals surface area contributed by atoms with Crippen molar-refractivity contribution in [1.29, 1.82) is 0 Å². The van der Waals surface area contributed by atoms with Gasteiger partial charge < -0.3 is 21.3 Å². The van der Waals surface area contributed by atoms with E-state index in [1.165, 1.54) is 28.0 Å². The molecule has 1 heterocycles. The highest BCUT2D eigenvalue weighted by Crippen LogP contribution is 2.24. The van der Waals surface area contributed by atoms with Crippen LogP contribution in [0.2, 0.25) is 0 Å². The van der Waals surface area contributed by atoms with Gasteiger partial charge in [0.05, 0.1) is 0 Å². The van der Waals surface area contributed by atoms with E-state index in [-0.39, 0.29) is 43.2 Å². The molecule has 1 fully saturated rings. The highest BCUT2D eigenvalue weighted by molar-refractivity contribution is 6.00. The van der Waals surface area contributed by atoms with E-state index in [0.29, 0.717) is 5.56 Å². The molecule has 0 bridgehead atoms. The zero-order valence-electron chi connectivity index (χ0n) is 19.1. The number of benzene rings is 2. The van der Waals surface area contributed by atoms with Gasteiger partial charge in [-0.2, -0.15) is 0 Å². The molecular formula is C24H30FN5O3. The van der Waals surface area contributed by atoms with Gasteiger partial charge in [-0.15, -0.1) is 0 Å². The monoisotopic (exact) mass is 455 g/mol. The molecule has 4 amide bonds. The first kappa shape index (κ1) is 24.2. The lowest BCUT2D eigenvalue weighted by atomic mass is 9.86. The Balaban J connectivity index is 1.83. The van der Waals surface area contributed by atoms with E-state index in [4.69, 9.17) is 5.73 Å². The molecule has 1 aliphatic heterocycles. The lowest BCUT2D eigenvalue weighted by molar-refractivity contribution is -0.127. The van der Waals surface area contributed by atoms with Crippen molar-refractivity contribution in [3.05, 3.63) is 65.5 Å². The summed E-state index contributed by atoms with van der Waals surface area (Å²) in [5.74, 6) is -1.36. The molecule has 0 aromatic heterocycles. The smallest absolute Gasteiger partial charge is 0.323 e. The lowest BCUT2D eigenvalue weighted by Crippen LogP contribution is -2.55. The minimum absolute atomic E-state index is 0.0638. The average molecular weight is 456 g/mol. The Bertz CT molecular complexity index is 1020. The molecule has 0 spiro atoms. The number of nitrogens with two attached hydrogens (primary N) is 1. The molecule has 0 aliphatic carbocycles. The third-order valence-electron chi connectivity index (χ3n) is 5.45. The normalized spacial score (nSPS) is 16.0. The number of hydrogen-bond acceptors (Lipinski definition) is 4. The van der Waals surface area contributed by atoms with Gasteiger partial charge in [0.15, 0.2) is 6.17 Å². The zero-order valence-corrected chi connectivity index (χ0v) is 19.1. The van der Waals surface area contributed by atoms with Crippen molar-refractivity contribution >= 4 is 23.5 Å². The van der Waals surface area contributed by atoms with Crippen molar-refractivity contribution in [2.24, 2.45) is 5.73 Å². The van der Waals surface area contributed by atoms with Crippen LogP contribution in [0.3, 0.4) is 0 Å². The van der Waals surface area contributed by atoms with E-state index in [2.05, 4.69) is 31.4 Å². The summed E-state index contributed by atoms with van der Waals surface area (Å²) in [5, 5.41) is 5.25. The van der Waals surface area contributed by atoms with Crippen LogP contribution in [0.4, 0.5) is 14.9 Å². The van der Waals surface area contributed by atoms with Gasteiger partial charge in [0, 0.05) is 37.4 Å². The van der Waals surface area contributed by atoms with Crippen molar-refractivity contribution in [1.82, 2.24) is 15.1 Å². The maximum Gasteiger partial charge on any atom is 0.323 e. The van der Waals surface area contributed by atoms with Crippen LogP contribution in [0.15, 0.2) is 48.5 Å². The molecule has 1 atom stereocenters. The average Bonchev–Trinajstić information content (AvgIpc) is 3.22. The number of carbonyl (C=O) groups excluding carboxylic acids is 3. The predicted molar refractivity (Wildman–Crippen MR) is 124 cm³/mol. The highest BCUT2D eigenvalue weighted by atomic mass is 19.1. The third kappa shape index (κ3) is 5.67. The van der Waals surface area contributed by atoms with E-state index in [1.54, 1.807) is 18.2 Å². The first-order valence-electron chi connectivity index (χ1n) is 10.8. The Labute approximate surface area is 192 Å². The molecular weight excluding hydrogens is 425 g/mol. The minimum Gasteiger partial charge on any atom is -0.351 e. The summed E-state index contributed by atoms with van der Waals surface area (Å²) in [6.45, 7) is 6.99. The van der Waals surface area contributed by atoms with Gasteiger partial charge in [0.1, 0.15) is 5.82 Å². The molecule has 2 aromatic carbocycles. The Morgan fingerprint density at radius 1 is 1.06 bits per heavy atom. The summed E-state index contributed by atoms with van der Waals surface area (Å²) in [6.07, 6.45) is -1.15. The molecule has 1 aliphatic rings. The quantitative estimate of drug-likeness (QED) is 0.644. The van der Waals surface area contributed by atoms with Crippen LogP contribution >= 0.6 is 0 Å². The van der Waals surface area contributed by atoms with Crippen LogP contribution in [-0.2, 0) is 10.2 Å². The molecule has 4 N–H and O–H groups in total. The summed E-state index contributed by atoms with van der Waals surface area (Å²) in [7, 11) is 0. The van der Waals surface area contributed by atoms with Gasteiger partial charge in [-0.25, -0.2) is 9.18 Å². The van der Waals surface area contributed by atoms with Gasteiger partial charge in [-0.05, 0) is 41.3 Å². The zero-order chi connectivity index (χ0) is 24.2. The Morgan fingerprint density at radius 2 is 1.73 bits per heavy atom. The molecule has 0 radical (unpaired) electrons. The van der Waals surface area contributed by atoms with Gasteiger partial charge >= 0.3 is 6.03 Å². The molecule has 0 saturated carbocycles. The maximum absolute atomic E-state index is 13.5. The summed E-state index contributed by atoms with van der Waals surface area (Å²) < 4.78 is 13.5. The number of carbonyl (C=O) groups is 3. The summed E-state index contributed by atoms with van der Waals surface area (Å²) >= 11 is 0. The standard InChI is InChI=1S/C24H30FN5O3/c1-24(2,3)17-9-7-16(8-10-17)22(32)29-13-14-30(21(29)20(31)27-12-11-26)23(33)28-19-6-4-5-18(25)15-19/h4-10,15,21H,11-14,26H2,1-3H3,(H,27,31)(H,28,33). The van der Waals surface area contributed by atoms with E-state index in [9.17, 15) is 18.8 Å². The molecule has 9 heteroatoms. The largest absolute Gasteiger partial charge is 0.351 e. The fraction of sp³-hybridized carbons (Fsp3) is 0.375. The first-order chi connectivity index (χ1) is 15.6. The van der Waals surface area contributed by atoms with Crippen LogP contribution in [0.25, 0.3) is 0 Å². The number of hydrogen-bond donors (Lipinski definition) is 3. The van der Waals surface area contributed by atoms with Gasteiger partial charge in [0.25, 0.3) is 11.8 Å². The molecule has 1 unspecified atom stereocenters. The molecule has 3 rings (SSSR count). The number of anilines is 1. The number of nitrogens with one attached hydrogen (secondary N) is 2. The topological polar surface area (TPSA) is 108 Å². The van der Waals surface area contributed by atoms with E-state index >= 15 is 0 Å². The van der Waals surface area contributed by atoms with Crippen LogP contribution in [0, 0.1) is 5.82 Å². The number of urea groups is 1. The lowest BCUT2D eigenvalue weighted by Gasteiger charge is -2.29. The molecule has 1 saturated heterocycles. The fourth-order valence-corrected chi connectivity index (χ4v) is 3.66. The van der Waals surface area contributed by atoms with Crippen LogP contribution in [0.1, 0.15) is 36.7 Å². The second-order valence-corrected chi connectivity index (χ2v) is 8.91. The SMILES string of the molecule is CC(C)(C)c1ccc(C(=O)N2CCN(C(=O)Nc3cccc(F)c3)C2C(=O)NCCN)cc1. The van der Waals surface area contributed by atoms with E-state index < -0.39 is 23.9 Å². The van der Waals surface area contributed by atoms with Gasteiger partial charge in [-0.1, -0.05) is 39.0 Å². The molecule has 33 heavy (non-hydrogen) atoms. The van der Waals surface area contributed by atoms with Crippen LogP contribution in [0.5, 0.6) is 0 Å².